The van der Waals surface area contributed by atoms with Gasteiger partial charge in [-0.15, -0.1) is 0 Å². The van der Waals surface area contributed by atoms with Gasteiger partial charge in [-0.2, -0.15) is 5.10 Å². The molecule has 0 radical (unpaired) electrons. The highest BCUT2D eigenvalue weighted by atomic mass is 32.2. The lowest BCUT2D eigenvalue weighted by molar-refractivity contribution is 0.0781. The Balaban J connectivity index is 2.29. The van der Waals surface area contributed by atoms with Crippen LogP contribution in [0.4, 0.5) is 0 Å². The van der Waals surface area contributed by atoms with Crippen LogP contribution in [0.25, 0.3) is 0 Å². The first kappa shape index (κ1) is 17.2. The molecule has 23 heavy (non-hydrogen) atoms. The van der Waals surface area contributed by atoms with E-state index in [-0.39, 0.29) is 22.1 Å². The molecule has 6 nitrogen and oxygen atoms in total. The van der Waals surface area contributed by atoms with E-state index >= 15 is 0 Å². The summed E-state index contributed by atoms with van der Waals surface area (Å²) in [6.45, 7) is 2.17. The summed E-state index contributed by atoms with van der Waals surface area (Å²) in [6, 6.07) is 6.37. The smallest absolute Gasteiger partial charge is 0.255 e. The summed E-state index contributed by atoms with van der Waals surface area (Å²) < 4.78 is 26.4. The summed E-state index contributed by atoms with van der Waals surface area (Å²) in [4.78, 5) is 14.3. The van der Waals surface area contributed by atoms with Gasteiger partial charge in [0.2, 0.25) is 0 Å². The Kier molecular flexibility index (Phi) is 5.20. The molecule has 2 aromatic rings. The number of hydrogen-bond acceptors (Lipinski definition) is 4. The van der Waals surface area contributed by atoms with Gasteiger partial charge in [0.1, 0.15) is 0 Å². The van der Waals surface area contributed by atoms with Crippen LogP contribution in [0, 0.1) is 0 Å². The summed E-state index contributed by atoms with van der Waals surface area (Å²) in [5.41, 5.74) is 1.10. The maximum atomic E-state index is 12.7. The second kappa shape index (κ2) is 6.95. The highest BCUT2D eigenvalue weighted by molar-refractivity contribution is 7.91. The van der Waals surface area contributed by atoms with E-state index in [1.165, 1.54) is 11.0 Å². The van der Waals surface area contributed by atoms with Gasteiger partial charge in [0.05, 0.1) is 22.4 Å². The van der Waals surface area contributed by atoms with Gasteiger partial charge < -0.3 is 4.90 Å². The summed E-state index contributed by atoms with van der Waals surface area (Å²) >= 11 is 0. The zero-order valence-corrected chi connectivity index (χ0v) is 14.4. The second-order valence-electron chi connectivity index (χ2n) is 5.50. The van der Waals surface area contributed by atoms with Gasteiger partial charge in [-0.1, -0.05) is 19.1 Å². The van der Waals surface area contributed by atoms with Gasteiger partial charge in [-0.3, -0.25) is 9.48 Å². The zero-order valence-electron chi connectivity index (χ0n) is 13.6. The van der Waals surface area contributed by atoms with Crippen molar-refractivity contribution < 1.29 is 13.2 Å². The molecule has 0 saturated carbocycles. The van der Waals surface area contributed by atoms with Crippen molar-refractivity contribution in [1.29, 1.82) is 0 Å². The first-order valence-corrected chi connectivity index (χ1v) is 9.05. The Bertz CT molecular complexity index is 796. The molecule has 1 aromatic carbocycles. The van der Waals surface area contributed by atoms with Crippen LogP contribution in [0.15, 0.2) is 41.6 Å². The molecular formula is C16H21N3O3S. The van der Waals surface area contributed by atoms with Crippen LogP contribution < -0.4 is 0 Å². The predicted octanol–water partition coefficient (Wildman–Crippen LogP) is 1.88. The van der Waals surface area contributed by atoms with Crippen molar-refractivity contribution in [3.05, 3.63) is 47.8 Å². The van der Waals surface area contributed by atoms with Crippen molar-refractivity contribution in [1.82, 2.24) is 14.7 Å². The van der Waals surface area contributed by atoms with Crippen LogP contribution in [-0.4, -0.2) is 41.8 Å². The Labute approximate surface area is 136 Å². The predicted molar refractivity (Wildman–Crippen MR) is 87.8 cm³/mol. The number of carbonyl (C=O) groups is 1. The van der Waals surface area contributed by atoms with Crippen molar-refractivity contribution in [2.45, 2.75) is 24.8 Å². The van der Waals surface area contributed by atoms with Gasteiger partial charge in [0.25, 0.3) is 5.91 Å². The van der Waals surface area contributed by atoms with E-state index in [0.29, 0.717) is 13.0 Å². The quantitative estimate of drug-likeness (QED) is 0.808. The normalized spacial score (nSPS) is 11.4. The monoisotopic (exact) mass is 335 g/mol. The van der Waals surface area contributed by atoms with Gasteiger partial charge in [-0.25, -0.2) is 8.42 Å². The molecule has 0 bridgehead atoms. The van der Waals surface area contributed by atoms with Gasteiger partial charge >= 0.3 is 0 Å². The Morgan fingerprint density at radius 3 is 2.61 bits per heavy atom. The number of amides is 1. The van der Waals surface area contributed by atoms with Crippen LogP contribution in [0.5, 0.6) is 0 Å². The minimum atomic E-state index is -3.45. The number of sulfone groups is 1. The SMILES string of the molecule is CCCS(=O)(=O)c1ccccc1C(=O)N(C)Cc1cnn(C)c1. The summed E-state index contributed by atoms with van der Waals surface area (Å²) in [5, 5.41) is 4.07. The van der Waals surface area contributed by atoms with Gasteiger partial charge in [0.15, 0.2) is 9.84 Å². The average molecular weight is 335 g/mol. The maximum Gasteiger partial charge on any atom is 0.255 e. The second-order valence-corrected chi connectivity index (χ2v) is 7.58. The molecule has 1 aromatic heterocycles. The molecule has 7 heteroatoms. The van der Waals surface area contributed by atoms with E-state index in [1.54, 1.807) is 50.1 Å². The van der Waals surface area contributed by atoms with Crippen molar-refractivity contribution in [2.75, 3.05) is 12.8 Å². The lowest BCUT2D eigenvalue weighted by Gasteiger charge is -2.18. The number of aromatic nitrogens is 2. The fraction of sp³-hybridized carbons (Fsp3) is 0.375. The standard InChI is InChI=1S/C16H21N3O3S/c1-4-9-23(21,22)15-8-6-5-7-14(15)16(20)18(2)11-13-10-17-19(3)12-13/h5-8,10,12H,4,9,11H2,1-3H3. The largest absolute Gasteiger partial charge is 0.337 e. The topological polar surface area (TPSA) is 72.3 Å². The van der Waals surface area contributed by atoms with Crippen molar-refractivity contribution in [2.24, 2.45) is 7.05 Å². The van der Waals surface area contributed by atoms with E-state index in [4.69, 9.17) is 0 Å². The molecule has 0 atom stereocenters. The molecule has 0 unspecified atom stereocenters. The van der Waals surface area contributed by atoms with E-state index < -0.39 is 9.84 Å². The van der Waals surface area contributed by atoms with Gasteiger partial charge in [0, 0.05) is 32.4 Å². The van der Waals surface area contributed by atoms with Crippen molar-refractivity contribution in [3.8, 4) is 0 Å². The number of carbonyl (C=O) groups excluding carboxylic acids is 1. The Morgan fingerprint density at radius 2 is 2.00 bits per heavy atom. The number of aryl methyl sites for hydroxylation is 1. The molecule has 2 rings (SSSR count). The molecule has 0 spiro atoms. The van der Waals surface area contributed by atoms with Crippen molar-refractivity contribution >= 4 is 15.7 Å². The third-order valence-corrected chi connectivity index (χ3v) is 5.42. The fourth-order valence-corrected chi connectivity index (χ4v) is 3.93. The van der Waals surface area contributed by atoms with E-state index in [9.17, 15) is 13.2 Å². The number of hydrogen-bond donors (Lipinski definition) is 0. The molecule has 0 aliphatic rings. The number of benzene rings is 1. The average Bonchev–Trinajstić information content (AvgIpc) is 2.91. The number of rotatable bonds is 6. The lowest BCUT2D eigenvalue weighted by atomic mass is 10.2. The lowest BCUT2D eigenvalue weighted by Crippen LogP contribution is -2.27. The van der Waals surface area contributed by atoms with Crippen LogP contribution in [-0.2, 0) is 23.4 Å². The highest BCUT2D eigenvalue weighted by Crippen LogP contribution is 2.20. The molecule has 1 amide bonds. The van der Waals surface area contributed by atoms with E-state index in [0.717, 1.165) is 5.56 Å². The van der Waals surface area contributed by atoms with Crippen LogP contribution in [0.3, 0.4) is 0 Å². The Hall–Kier alpha value is -2.15. The summed E-state index contributed by atoms with van der Waals surface area (Å²) in [6.07, 6.45) is 4.02. The van der Waals surface area contributed by atoms with E-state index in [1.807, 2.05) is 6.20 Å². The molecule has 0 saturated heterocycles. The first-order chi connectivity index (χ1) is 10.8. The Morgan fingerprint density at radius 1 is 1.30 bits per heavy atom. The molecule has 0 aliphatic heterocycles. The molecular weight excluding hydrogens is 314 g/mol. The number of nitrogens with zero attached hydrogens (tertiary/aromatic N) is 3. The minimum Gasteiger partial charge on any atom is -0.337 e. The third kappa shape index (κ3) is 3.98. The van der Waals surface area contributed by atoms with Crippen LogP contribution in [0.2, 0.25) is 0 Å². The van der Waals surface area contributed by atoms with Crippen LogP contribution >= 0.6 is 0 Å². The molecule has 124 valence electrons. The summed E-state index contributed by atoms with van der Waals surface area (Å²) in [5.74, 6) is -0.284. The fourth-order valence-electron chi connectivity index (χ4n) is 2.40. The zero-order chi connectivity index (χ0) is 17.0. The molecule has 0 fully saturated rings. The molecule has 0 aliphatic carbocycles. The van der Waals surface area contributed by atoms with Gasteiger partial charge in [-0.05, 0) is 18.6 Å². The molecule has 1 heterocycles. The minimum absolute atomic E-state index is 0.0314. The third-order valence-electron chi connectivity index (χ3n) is 3.45. The van der Waals surface area contributed by atoms with E-state index in [2.05, 4.69) is 5.10 Å². The van der Waals surface area contributed by atoms with Crippen molar-refractivity contribution in [3.63, 3.8) is 0 Å². The first-order valence-electron chi connectivity index (χ1n) is 7.40. The summed E-state index contributed by atoms with van der Waals surface area (Å²) in [7, 11) is 0.00262. The maximum absolute atomic E-state index is 12.7. The van der Waals surface area contributed by atoms with Crippen LogP contribution in [0.1, 0.15) is 29.3 Å². The molecule has 0 N–H and O–H groups in total. The highest BCUT2D eigenvalue weighted by Gasteiger charge is 2.23.